The first-order valence-electron chi connectivity index (χ1n) is 6.39. The molecule has 1 aliphatic rings. The maximum Gasteiger partial charge on any atom is 0.0300 e. The van der Waals surface area contributed by atoms with Crippen molar-refractivity contribution in [3.05, 3.63) is 20.8 Å². The van der Waals surface area contributed by atoms with Gasteiger partial charge in [0.2, 0.25) is 0 Å². The van der Waals surface area contributed by atoms with Crippen molar-refractivity contribution in [1.82, 2.24) is 10.2 Å². The molecule has 1 fully saturated rings. The molecule has 96 valence electrons. The summed E-state index contributed by atoms with van der Waals surface area (Å²) in [5, 5.41) is 5.66. The zero-order chi connectivity index (χ0) is 12.1. The predicted molar refractivity (Wildman–Crippen MR) is 78.6 cm³/mol. The Morgan fingerprint density at radius 1 is 1.47 bits per heavy atom. The molecular formula is C13H21BrN2S. The van der Waals surface area contributed by atoms with Crippen molar-refractivity contribution in [3.63, 3.8) is 0 Å². The van der Waals surface area contributed by atoms with E-state index in [1.165, 1.54) is 35.0 Å². The van der Waals surface area contributed by atoms with Crippen LogP contribution in [0.2, 0.25) is 0 Å². The summed E-state index contributed by atoms with van der Waals surface area (Å²) in [4.78, 5) is 3.92. The number of hydrogen-bond donors (Lipinski definition) is 1. The summed E-state index contributed by atoms with van der Waals surface area (Å²) in [6.07, 6.45) is 5.64. The number of thiophene rings is 1. The summed E-state index contributed by atoms with van der Waals surface area (Å²) < 4.78 is 1.20. The minimum Gasteiger partial charge on any atom is -0.311 e. The molecule has 0 spiro atoms. The number of nitrogens with zero attached hydrogens (tertiary/aromatic N) is 1. The van der Waals surface area contributed by atoms with Crippen molar-refractivity contribution in [1.29, 1.82) is 0 Å². The lowest BCUT2D eigenvalue weighted by Gasteiger charge is -2.23. The molecule has 0 atom stereocenters. The summed E-state index contributed by atoms with van der Waals surface area (Å²) in [6, 6.07) is 3.03. The van der Waals surface area contributed by atoms with Crippen molar-refractivity contribution in [3.8, 4) is 0 Å². The number of halogens is 1. The summed E-state index contributed by atoms with van der Waals surface area (Å²) in [5.41, 5.74) is 0. The number of hydrogen-bond acceptors (Lipinski definition) is 3. The molecule has 0 bridgehead atoms. The van der Waals surface area contributed by atoms with Gasteiger partial charge in [0.25, 0.3) is 0 Å². The smallest absolute Gasteiger partial charge is 0.0300 e. The Labute approximate surface area is 117 Å². The maximum atomic E-state index is 3.52. The van der Waals surface area contributed by atoms with Crippen LogP contribution in [0.3, 0.4) is 0 Å². The van der Waals surface area contributed by atoms with Crippen LogP contribution in [-0.4, -0.2) is 31.1 Å². The zero-order valence-electron chi connectivity index (χ0n) is 10.4. The number of rotatable bonds is 6. The molecule has 0 saturated heterocycles. The highest BCUT2D eigenvalue weighted by Gasteiger charge is 2.18. The number of nitrogens with one attached hydrogen (secondary N) is 1. The van der Waals surface area contributed by atoms with E-state index in [-0.39, 0.29) is 0 Å². The molecule has 4 heteroatoms. The quantitative estimate of drug-likeness (QED) is 0.808. The van der Waals surface area contributed by atoms with Crippen molar-refractivity contribution < 1.29 is 0 Å². The molecule has 1 saturated carbocycles. The molecule has 1 aromatic rings. The third kappa shape index (κ3) is 4.36. The average Bonchev–Trinajstić information content (AvgIpc) is 2.95. The van der Waals surface area contributed by atoms with Gasteiger partial charge in [0, 0.05) is 40.4 Å². The molecule has 1 aromatic heterocycles. The van der Waals surface area contributed by atoms with Crippen LogP contribution in [0.5, 0.6) is 0 Å². The van der Waals surface area contributed by atoms with Crippen LogP contribution in [-0.2, 0) is 6.54 Å². The van der Waals surface area contributed by atoms with Gasteiger partial charge in [-0.2, -0.15) is 0 Å². The van der Waals surface area contributed by atoms with Crippen LogP contribution < -0.4 is 5.32 Å². The zero-order valence-corrected chi connectivity index (χ0v) is 12.8. The van der Waals surface area contributed by atoms with Gasteiger partial charge in [-0.05, 0) is 41.9 Å². The fraction of sp³-hybridized carbons (Fsp3) is 0.692. The normalized spacial score (nSPS) is 17.1. The van der Waals surface area contributed by atoms with E-state index < -0.39 is 0 Å². The van der Waals surface area contributed by atoms with E-state index in [0.717, 1.165) is 25.7 Å². The van der Waals surface area contributed by atoms with Crippen LogP contribution in [0, 0.1) is 0 Å². The molecule has 2 rings (SSSR count). The van der Waals surface area contributed by atoms with Crippen LogP contribution in [0.15, 0.2) is 15.9 Å². The van der Waals surface area contributed by atoms with Gasteiger partial charge in [-0.1, -0.05) is 12.8 Å². The van der Waals surface area contributed by atoms with E-state index in [9.17, 15) is 0 Å². The van der Waals surface area contributed by atoms with E-state index in [2.05, 4.69) is 44.6 Å². The lowest BCUT2D eigenvalue weighted by atomic mass is 10.2. The molecule has 17 heavy (non-hydrogen) atoms. The van der Waals surface area contributed by atoms with E-state index >= 15 is 0 Å². The highest BCUT2D eigenvalue weighted by atomic mass is 79.9. The molecule has 2 nitrogen and oxygen atoms in total. The van der Waals surface area contributed by atoms with Gasteiger partial charge >= 0.3 is 0 Å². The van der Waals surface area contributed by atoms with Gasteiger partial charge in [-0.15, -0.1) is 11.3 Å². The molecule has 1 heterocycles. The summed E-state index contributed by atoms with van der Waals surface area (Å²) in [7, 11) is 2.26. The fourth-order valence-electron chi connectivity index (χ4n) is 2.44. The predicted octanol–water partition coefficient (Wildman–Crippen LogP) is 3.47. The minimum absolute atomic E-state index is 0.840. The highest BCUT2D eigenvalue weighted by molar-refractivity contribution is 9.10. The Kier molecular flexibility index (Phi) is 5.48. The van der Waals surface area contributed by atoms with Crippen LogP contribution in [0.25, 0.3) is 0 Å². The SMILES string of the molecule is CN(CCNCc1cc(Br)cs1)C1CCCC1. The topological polar surface area (TPSA) is 15.3 Å². The summed E-state index contributed by atoms with van der Waals surface area (Å²) in [5.74, 6) is 0. The van der Waals surface area contributed by atoms with Crippen molar-refractivity contribution in [2.45, 2.75) is 38.3 Å². The molecular weight excluding hydrogens is 296 g/mol. The van der Waals surface area contributed by atoms with Crippen molar-refractivity contribution in [2.24, 2.45) is 0 Å². The van der Waals surface area contributed by atoms with Crippen molar-refractivity contribution in [2.75, 3.05) is 20.1 Å². The van der Waals surface area contributed by atoms with Gasteiger partial charge in [-0.25, -0.2) is 0 Å². The first-order chi connectivity index (χ1) is 8.25. The van der Waals surface area contributed by atoms with E-state index in [4.69, 9.17) is 0 Å². The molecule has 0 unspecified atom stereocenters. The second-order valence-electron chi connectivity index (χ2n) is 4.83. The van der Waals surface area contributed by atoms with Crippen LogP contribution >= 0.6 is 27.3 Å². The first kappa shape index (κ1) is 13.5. The largest absolute Gasteiger partial charge is 0.311 e. The standard InChI is InChI=1S/C13H21BrN2S/c1-16(12-4-2-3-5-12)7-6-15-9-13-8-11(14)10-17-13/h8,10,12,15H,2-7,9H2,1H3. The molecule has 1 N–H and O–H groups in total. The fourth-order valence-corrected chi connectivity index (χ4v) is 3.86. The molecule has 0 amide bonds. The van der Waals surface area contributed by atoms with Gasteiger partial charge in [0.05, 0.1) is 0 Å². The maximum absolute atomic E-state index is 3.52. The summed E-state index contributed by atoms with van der Waals surface area (Å²) in [6.45, 7) is 3.24. The van der Waals surface area contributed by atoms with E-state index in [1.807, 2.05) is 11.3 Å². The lowest BCUT2D eigenvalue weighted by Crippen LogP contribution is -2.35. The Bertz CT molecular complexity index is 334. The van der Waals surface area contributed by atoms with Crippen molar-refractivity contribution >= 4 is 27.3 Å². The molecule has 0 aliphatic heterocycles. The number of likely N-dealkylation sites (N-methyl/N-ethyl adjacent to an activating group) is 1. The lowest BCUT2D eigenvalue weighted by molar-refractivity contribution is 0.245. The van der Waals surface area contributed by atoms with Gasteiger partial charge in [0.1, 0.15) is 0 Å². The van der Waals surface area contributed by atoms with Gasteiger partial charge < -0.3 is 10.2 Å². The summed E-state index contributed by atoms with van der Waals surface area (Å²) >= 11 is 5.29. The van der Waals surface area contributed by atoms with Gasteiger partial charge in [0.15, 0.2) is 0 Å². The Hall–Kier alpha value is 0.1000. The first-order valence-corrected chi connectivity index (χ1v) is 8.07. The second kappa shape index (κ2) is 6.88. The average molecular weight is 317 g/mol. The third-order valence-corrected chi connectivity index (χ3v) is 5.21. The Morgan fingerprint density at radius 2 is 2.24 bits per heavy atom. The molecule has 0 radical (unpaired) electrons. The monoisotopic (exact) mass is 316 g/mol. The van der Waals surface area contributed by atoms with Crippen LogP contribution in [0.4, 0.5) is 0 Å². The van der Waals surface area contributed by atoms with E-state index in [0.29, 0.717) is 0 Å². The second-order valence-corrected chi connectivity index (χ2v) is 6.74. The Morgan fingerprint density at radius 3 is 2.88 bits per heavy atom. The van der Waals surface area contributed by atoms with Gasteiger partial charge in [-0.3, -0.25) is 0 Å². The molecule has 0 aromatic carbocycles. The molecule has 1 aliphatic carbocycles. The van der Waals surface area contributed by atoms with Crippen LogP contribution in [0.1, 0.15) is 30.6 Å². The highest BCUT2D eigenvalue weighted by Crippen LogP contribution is 2.22. The van der Waals surface area contributed by atoms with E-state index in [1.54, 1.807) is 0 Å². The third-order valence-electron chi connectivity index (χ3n) is 3.51. The Balaban J connectivity index is 1.59. The minimum atomic E-state index is 0.840.